The Morgan fingerprint density at radius 2 is 1.47 bits per heavy atom. The molecule has 0 bridgehead atoms. The first-order valence-corrected chi connectivity index (χ1v) is 7.88. The van der Waals surface area contributed by atoms with Crippen molar-refractivity contribution in [2.45, 2.75) is 72.8 Å². The lowest BCUT2D eigenvalue weighted by Gasteiger charge is -2.33. The number of rotatable bonds is 2. The highest BCUT2D eigenvalue weighted by molar-refractivity contribution is 5.52. The van der Waals surface area contributed by atoms with Crippen molar-refractivity contribution in [2.24, 2.45) is 5.84 Å². The molecule has 1 aliphatic rings. The second-order valence-corrected chi connectivity index (χ2v) is 4.49. The second-order valence-electron chi connectivity index (χ2n) is 4.49. The number of para-hydroxylation sites is 1. The topological polar surface area (TPSA) is 29.3 Å². The number of hydrogen-bond acceptors (Lipinski definition) is 2. The third kappa shape index (κ3) is 5.65. The molecule has 2 rings (SSSR count). The maximum Gasteiger partial charge on any atom is 0.0549 e. The van der Waals surface area contributed by atoms with E-state index in [0.717, 1.165) is 0 Å². The summed E-state index contributed by atoms with van der Waals surface area (Å²) in [5.41, 5.74) is 2.45. The van der Waals surface area contributed by atoms with Crippen LogP contribution in [0.1, 0.15) is 65.4 Å². The van der Waals surface area contributed by atoms with Gasteiger partial charge >= 0.3 is 0 Å². The zero-order chi connectivity index (χ0) is 14.7. The Bertz CT molecular complexity index is 317. The smallest absolute Gasteiger partial charge is 0.0549 e. The van der Waals surface area contributed by atoms with E-state index in [2.05, 4.69) is 31.2 Å². The van der Waals surface area contributed by atoms with Crippen LogP contribution in [0, 0.1) is 6.92 Å². The van der Waals surface area contributed by atoms with Gasteiger partial charge in [0.1, 0.15) is 0 Å². The van der Waals surface area contributed by atoms with Gasteiger partial charge in [-0.1, -0.05) is 65.2 Å². The molecule has 1 saturated carbocycles. The van der Waals surface area contributed by atoms with Crippen LogP contribution in [0.4, 0.5) is 5.69 Å². The van der Waals surface area contributed by atoms with Gasteiger partial charge in [0.2, 0.25) is 0 Å². The van der Waals surface area contributed by atoms with Crippen molar-refractivity contribution in [3.63, 3.8) is 0 Å². The van der Waals surface area contributed by atoms with Gasteiger partial charge in [0.15, 0.2) is 0 Å². The van der Waals surface area contributed by atoms with Crippen LogP contribution < -0.4 is 10.9 Å². The number of benzene rings is 1. The molecule has 0 heterocycles. The second kappa shape index (κ2) is 10.9. The van der Waals surface area contributed by atoms with E-state index in [1.165, 1.54) is 43.4 Å². The van der Waals surface area contributed by atoms with E-state index in [0.29, 0.717) is 6.04 Å². The molecule has 2 nitrogen and oxygen atoms in total. The minimum absolute atomic E-state index is 0.542. The van der Waals surface area contributed by atoms with Gasteiger partial charge in [-0.2, -0.15) is 0 Å². The zero-order valence-electron chi connectivity index (χ0n) is 13.4. The summed E-state index contributed by atoms with van der Waals surface area (Å²) >= 11 is 0. The molecular weight excluding hydrogens is 232 g/mol. The van der Waals surface area contributed by atoms with E-state index in [9.17, 15) is 0 Å². The number of anilines is 1. The summed E-state index contributed by atoms with van der Waals surface area (Å²) in [4.78, 5) is 0. The molecule has 0 spiro atoms. The summed E-state index contributed by atoms with van der Waals surface area (Å²) in [6, 6.07) is 8.90. The molecule has 2 heteroatoms. The number of hydrogen-bond donors (Lipinski definition) is 1. The van der Waals surface area contributed by atoms with Crippen LogP contribution in [0.25, 0.3) is 0 Å². The van der Waals surface area contributed by atoms with Crippen molar-refractivity contribution in [1.29, 1.82) is 0 Å². The third-order valence-electron chi connectivity index (χ3n) is 3.36. The van der Waals surface area contributed by atoms with Gasteiger partial charge in [0.05, 0.1) is 5.69 Å². The van der Waals surface area contributed by atoms with Gasteiger partial charge in [0.25, 0.3) is 0 Å². The summed E-state index contributed by atoms with van der Waals surface area (Å²) in [6.45, 7) is 10.1. The van der Waals surface area contributed by atoms with Crippen LogP contribution in [0.2, 0.25) is 0 Å². The minimum atomic E-state index is 0.542. The lowest BCUT2D eigenvalue weighted by atomic mass is 9.94. The van der Waals surface area contributed by atoms with Gasteiger partial charge in [-0.3, -0.25) is 0 Å². The molecule has 0 aliphatic heterocycles. The van der Waals surface area contributed by atoms with Crippen LogP contribution >= 0.6 is 0 Å². The van der Waals surface area contributed by atoms with Crippen LogP contribution in [0.5, 0.6) is 0 Å². The lowest BCUT2D eigenvalue weighted by molar-refractivity contribution is 0.417. The molecule has 0 unspecified atom stereocenters. The summed E-state index contributed by atoms with van der Waals surface area (Å²) < 4.78 is 0. The summed E-state index contributed by atoms with van der Waals surface area (Å²) in [6.07, 6.45) is 6.50. The third-order valence-corrected chi connectivity index (χ3v) is 3.36. The molecule has 0 amide bonds. The average molecular weight is 264 g/mol. The van der Waals surface area contributed by atoms with Crippen molar-refractivity contribution in [3.8, 4) is 0 Å². The van der Waals surface area contributed by atoms with E-state index < -0.39 is 0 Å². The van der Waals surface area contributed by atoms with Crippen LogP contribution in [0.15, 0.2) is 24.3 Å². The molecule has 1 aromatic rings. The van der Waals surface area contributed by atoms with E-state index in [-0.39, 0.29) is 0 Å². The Balaban J connectivity index is 0.000000741. The molecular formula is C17H32N2. The molecule has 1 aliphatic carbocycles. The van der Waals surface area contributed by atoms with E-state index >= 15 is 0 Å². The maximum absolute atomic E-state index is 6.20. The fraction of sp³-hybridized carbons (Fsp3) is 0.647. The first-order valence-electron chi connectivity index (χ1n) is 7.88. The summed E-state index contributed by atoms with van der Waals surface area (Å²) in [5.74, 6) is 6.20. The Morgan fingerprint density at radius 3 is 2.00 bits per heavy atom. The highest BCUT2D eigenvalue weighted by atomic mass is 15.4. The highest BCUT2D eigenvalue weighted by Gasteiger charge is 2.19. The standard InChI is InChI=1S/C13H20N2.2C2H6/c1-11-7-5-6-10-13(11)15(14)12-8-3-2-4-9-12;2*1-2/h5-7,10,12H,2-4,8-9,14H2,1H3;2*1-2H3. The zero-order valence-corrected chi connectivity index (χ0v) is 13.4. The summed E-state index contributed by atoms with van der Waals surface area (Å²) in [5, 5.41) is 1.98. The van der Waals surface area contributed by atoms with Crippen LogP contribution in [-0.2, 0) is 0 Å². The van der Waals surface area contributed by atoms with Gasteiger partial charge in [-0.15, -0.1) is 0 Å². The molecule has 2 N–H and O–H groups in total. The Morgan fingerprint density at radius 1 is 0.947 bits per heavy atom. The minimum Gasteiger partial charge on any atom is -0.308 e. The largest absolute Gasteiger partial charge is 0.308 e. The summed E-state index contributed by atoms with van der Waals surface area (Å²) in [7, 11) is 0. The van der Waals surface area contributed by atoms with E-state index in [1.54, 1.807) is 0 Å². The van der Waals surface area contributed by atoms with Crippen molar-refractivity contribution in [1.82, 2.24) is 0 Å². The predicted octanol–water partition coefficient (Wildman–Crippen LogP) is 5.06. The number of nitrogens with zero attached hydrogens (tertiary/aromatic N) is 1. The maximum atomic E-state index is 6.20. The fourth-order valence-corrected chi connectivity index (χ4v) is 2.41. The normalized spacial score (nSPS) is 14.6. The fourth-order valence-electron chi connectivity index (χ4n) is 2.41. The monoisotopic (exact) mass is 264 g/mol. The van der Waals surface area contributed by atoms with E-state index in [1.807, 2.05) is 32.7 Å². The molecule has 0 saturated heterocycles. The average Bonchev–Trinajstić information content (AvgIpc) is 2.52. The van der Waals surface area contributed by atoms with Crippen molar-refractivity contribution < 1.29 is 0 Å². The van der Waals surface area contributed by atoms with Crippen LogP contribution in [-0.4, -0.2) is 6.04 Å². The molecule has 0 atom stereocenters. The van der Waals surface area contributed by atoms with E-state index in [4.69, 9.17) is 5.84 Å². The van der Waals surface area contributed by atoms with Crippen LogP contribution in [0.3, 0.4) is 0 Å². The van der Waals surface area contributed by atoms with Crippen molar-refractivity contribution in [2.75, 3.05) is 5.01 Å². The molecule has 1 aromatic carbocycles. The van der Waals surface area contributed by atoms with Crippen molar-refractivity contribution >= 4 is 5.69 Å². The quantitative estimate of drug-likeness (QED) is 0.597. The Hall–Kier alpha value is -1.02. The highest BCUT2D eigenvalue weighted by Crippen LogP contribution is 2.26. The number of nitrogens with two attached hydrogens (primary N) is 1. The van der Waals surface area contributed by atoms with Crippen molar-refractivity contribution in [3.05, 3.63) is 29.8 Å². The SMILES string of the molecule is CC.CC.Cc1ccccc1N(N)C1CCCCC1. The number of aryl methyl sites for hydroxylation is 1. The van der Waals surface area contributed by atoms with Gasteiger partial charge in [-0.25, -0.2) is 5.84 Å². The Kier molecular flexibility index (Phi) is 10.3. The molecule has 0 radical (unpaired) electrons. The first kappa shape index (κ1) is 18.0. The van der Waals surface area contributed by atoms with Gasteiger partial charge in [0, 0.05) is 6.04 Å². The molecule has 110 valence electrons. The van der Waals surface area contributed by atoms with Gasteiger partial charge < -0.3 is 5.01 Å². The lowest BCUT2D eigenvalue weighted by Crippen LogP contribution is -2.42. The Labute approximate surface area is 120 Å². The molecule has 1 fully saturated rings. The first-order chi connectivity index (χ1) is 9.29. The molecule has 19 heavy (non-hydrogen) atoms. The number of hydrazine groups is 1. The molecule has 0 aromatic heterocycles. The van der Waals surface area contributed by atoms with Gasteiger partial charge in [-0.05, 0) is 31.4 Å². The predicted molar refractivity (Wildman–Crippen MR) is 87.4 cm³/mol.